The van der Waals surface area contributed by atoms with Gasteiger partial charge in [-0.2, -0.15) is 0 Å². The summed E-state index contributed by atoms with van der Waals surface area (Å²) in [6, 6.07) is 4.87. The molecule has 162 valence electrons. The lowest BCUT2D eigenvalue weighted by Crippen LogP contribution is -2.45. The van der Waals surface area contributed by atoms with E-state index in [0.717, 1.165) is 50.1 Å². The largest absolute Gasteiger partial charge is 0.507 e. The van der Waals surface area contributed by atoms with Crippen LogP contribution >= 0.6 is 24.8 Å². The van der Waals surface area contributed by atoms with Gasteiger partial charge in [0.25, 0.3) is 0 Å². The number of benzene rings is 1. The van der Waals surface area contributed by atoms with Gasteiger partial charge in [0.05, 0.1) is 0 Å². The summed E-state index contributed by atoms with van der Waals surface area (Å²) in [5.74, 6) is 0.469. The summed E-state index contributed by atoms with van der Waals surface area (Å²) in [7, 11) is 0. The Hall–Kier alpha value is -0.740. The lowest BCUT2D eigenvalue weighted by atomic mass is 9.77. The van der Waals surface area contributed by atoms with Gasteiger partial charge in [-0.25, -0.2) is 0 Å². The van der Waals surface area contributed by atoms with E-state index in [9.17, 15) is 5.11 Å². The summed E-state index contributed by atoms with van der Waals surface area (Å²) in [6.07, 6.45) is 4.09. The number of allylic oxidation sites excluding steroid dienone is 1. The number of hydrogen-bond donors (Lipinski definition) is 2. The molecular formula is C23H40Cl2N2O. The highest BCUT2D eigenvalue weighted by Gasteiger charge is 2.30. The molecule has 0 aromatic heterocycles. The van der Waals surface area contributed by atoms with Crippen LogP contribution in [0.25, 0.3) is 0 Å². The molecule has 0 bridgehead atoms. The second-order valence-corrected chi connectivity index (χ2v) is 9.63. The Morgan fingerprint density at radius 2 is 1.50 bits per heavy atom. The third-order valence-electron chi connectivity index (χ3n) is 5.37. The van der Waals surface area contributed by atoms with Crippen LogP contribution in [-0.4, -0.2) is 36.2 Å². The molecule has 0 unspecified atom stereocenters. The maximum absolute atomic E-state index is 11.0. The summed E-state index contributed by atoms with van der Waals surface area (Å²) in [4.78, 5) is 2.59. The molecule has 1 atom stereocenters. The molecule has 1 aliphatic rings. The minimum Gasteiger partial charge on any atom is -0.507 e. The van der Waals surface area contributed by atoms with Crippen LogP contribution in [0.15, 0.2) is 24.8 Å². The second kappa shape index (κ2) is 10.9. The van der Waals surface area contributed by atoms with Gasteiger partial charge < -0.3 is 10.4 Å². The first-order chi connectivity index (χ1) is 12.1. The van der Waals surface area contributed by atoms with E-state index in [1.54, 1.807) is 0 Å². The Morgan fingerprint density at radius 1 is 1.04 bits per heavy atom. The van der Waals surface area contributed by atoms with Gasteiger partial charge in [-0.3, -0.25) is 4.90 Å². The zero-order chi connectivity index (χ0) is 19.5. The zero-order valence-corrected chi connectivity index (χ0v) is 20.1. The van der Waals surface area contributed by atoms with E-state index in [-0.39, 0.29) is 35.6 Å². The predicted molar refractivity (Wildman–Crippen MR) is 127 cm³/mol. The average Bonchev–Trinajstić information content (AvgIpc) is 2.55. The van der Waals surface area contributed by atoms with Crippen molar-refractivity contribution in [1.29, 1.82) is 0 Å². The third kappa shape index (κ3) is 6.66. The SMILES string of the molecule is C=CCC[C@@H](c1cc(C(C)(C)C)c(O)c(C(C)(C)C)c1)N1CCNCC1.Cl.Cl. The number of halogens is 2. The van der Waals surface area contributed by atoms with Gasteiger partial charge in [0.15, 0.2) is 0 Å². The van der Waals surface area contributed by atoms with E-state index in [2.05, 4.69) is 70.5 Å². The van der Waals surface area contributed by atoms with Crippen LogP contribution < -0.4 is 5.32 Å². The molecule has 2 rings (SSSR count). The van der Waals surface area contributed by atoms with Crippen molar-refractivity contribution in [2.45, 2.75) is 71.3 Å². The molecule has 1 aromatic rings. The van der Waals surface area contributed by atoms with Crippen LogP contribution in [0.2, 0.25) is 0 Å². The van der Waals surface area contributed by atoms with E-state index < -0.39 is 0 Å². The Bertz CT molecular complexity index is 591. The van der Waals surface area contributed by atoms with Crippen LogP contribution in [0.3, 0.4) is 0 Å². The van der Waals surface area contributed by atoms with Crippen molar-refractivity contribution in [3.63, 3.8) is 0 Å². The van der Waals surface area contributed by atoms with Gasteiger partial charge >= 0.3 is 0 Å². The molecule has 1 fully saturated rings. The van der Waals surface area contributed by atoms with Crippen molar-refractivity contribution < 1.29 is 5.11 Å². The second-order valence-electron chi connectivity index (χ2n) is 9.63. The van der Waals surface area contributed by atoms with E-state index in [0.29, 0.717) is 11.8 Å². The maximum atomic E-state index is 11.0. The highest BCUT2D eigenvalue weighted by Crippen LogP contribution is 2.42. The quantitative estimate of drug-likeness (QED) is 0.584. The molecule has 0 spiro atoms. The van der Waals surface area contributed by atoms with Crippen LogP contribution in [0, 0.1) is 0 Å². The number of nitrogens with one attached hydrogen (secondary N) is 1. The van der Waals surface area contributed by atoms with Crippen molar-refractivity contribution in [3.8, 4) is 5.75 Å². The van der Waals surface area contributed by atoms with Crippen LogP contribution in [0.1, 0.15) is 77.1 Å². The summed E-state index contributed by atoms with van der Waals surface area (Å²) in [5.41, 5.74) is 3.26. The fraction of sp³-hybridized carbons (Fsp3) is 0.652. The number of phenols is 1. The summed E-state index contributed by atoms with van der Waals surface area (Å²) in [6.45, 7) is 21.2. The van der Waals surface area contributed by atoms with E-state index in [4.69, 9.17) is 0 Å². The van der Waals surface area contributed by atoms with E-state index in [1.165, 1.54) is 5.56 Å². The molecule has 0 aliphatic carbocycles. The smallest absolute Gasteiger partial charge is 0.123 e. The molecular weight excluding hydrogens is 391 g/mol. The first-order valence-corrected chi connectivity index (χ1v) is 9.99. The Kier molecular flexibility index (Phi) is 10.6. The highest BCUT2D eigenvalue weighted by molar-refractivity contribution is 5.85. The molecule has 1 heterocycles. The summed E-state index contributed by atoms with van der Waals surface area (Å²) in [5, 5.41) is 14.5. The van der Waals surface area contributed by atoms with Gasteiger partial charge in [0, 0.05) is 32.2 Å². The Balaban J connectivity index is 0.00000364. The molecule has 28 heavy (non-hydrogen) atoms. The number of rotatable bonds is 5. The van der Waals surface area contributed by atoms with Crippen LogP contribution in [0.4, 0.5) is 0 Å². The fourth-order valence-corrected chi connectivity index (χ4v) is 3.82. The third-order valence-corrected chi connectivity index (χ3v) is 5.37. The van der Waals surface area contributed by atoms with Gasteiger partial charge in [-0.15, -0.1) is 31.4 Å². The molecule has 1 saturated heterocycles. The number of piperazine rings is 1. The first kappa shape index (κ1) is 27.3. The molecule has 0 radical (unpaired) electrons. The molecule has 0 saturated carbocycles. The molecule has 0 amide bonds. The Labute approximate surface area is 184 Å². The van der Waals surface area contributed by atoms with E-state index in [1.807, 2.05) is 6.08 Å². The molecule has 1 aliphatic heterocycles. The van der Waals surface area contributed by atoms with Gasteiger partial charge in [0.1, 0.15) is 5.75 Å². The van der Waals surface area contributed by atoms with Crippen molar-refractivity contribution >= 4 is 24.8 Å². The summed E-state index contributed by atoms with van der Waals surface area (Å²) >= 11 is 0. The van der Waals surface area contributed by atoms with Crippen molar-refractivity contribution in [1.82, 2.24) is 10.2 Å². The highest BCUT2D eigenvalue weighted by atomic mass is 35.5. The summed E-state index contributed by atoms with van der Waals surface area (Å²) < 4.78 is 0. The topological polar surface area (TPSA) is 35.5 Å². The first-order valence-electron chi connectivity index (χ1n) is 9.99. The fourth-order valence-electron chi connectivity index (χ4n) is 3.82. The number of nitrogens with zero attached hydrogens (tertiary/aromatic N) is 1. The zero-order valence-electron chi connectivity index (χ0n) is 18.5. The lowest BCUT2D eigenvalue weighted by molar-refractivity contribution is 0.166. The predicted octanol–water partition coefficient (Wildman–Crippen LogP) is 5.74. The Morgan fingerprint density at radius 3 is 1.89 bits per heavy atom. The standard InChI is InChI=1S/C23H38N2O.2ClH/c1-8-9-10-20(25-13-11-24-12-14-25)17-15-18(22(2,3)4)21(26)19(16-17)23(5,6)7;;/h8,15-16,20,24,26H,1,9-14H2,2-7H3;2*1H/t20-;;/m0../s1. The van der Waals surface area contributed by atoms with Gasteiger partial charge in [-0.05, 0) is 52.5 Å². The number of aromatic hydroxyl groups is 1. The van der Waals surface area contributed by atoms with Crippen LogP contribution in [0.5, 0.6) is 5.75 Å². The monoisotopic (exact) mass is 430 g/mol. The maximum Gasteiger partial charge on any atom is 0.123 e. The lowest BCUT2D eigenvalue weighted by Gasteiger charge is -2.37. The molecule has 3 nitrogen and oxygen atoms in total. The minimum absolute atomic E-state index is 0. The number of phenolic OH excluding ortho intramolecular Hbond substituents is 1. The van der Waals surface area contributed by atoms with Crippen molar-refractivity contribution in [2.75, 3.05) is 26.2 Å². The van der Waals surface area contributed by atoms with Gasteiger partial charge in [0.2, 0.25) is 0 Å². The van der Waals surface area contributed by atoms with Gasteiger partial charge in [-0.1, -0.05) is 47.6 Å². The molecule has 5 heteroatoms. The number of hydrogen-bond acceptors (Lipinski definition) is 3. The molecule has 1 aromatic carbocycles. The average molecular weight is 431 g/mol. The van der Waals surface area contributed by atoms with Crippen molar-refractivity contribution in [3.05, 3.63) is 41.5 Å². The van der Waals surface area contributed by atoms with E-state index >= 15 is 0 Å². The molecule has 2 N–H and O–H groups in total. The normalized spacial score (nSPS) is 16.6. The van der Waals surface area contributed by atoms with Crippen LogP contribution in [-0.2, 0) is 10.8 Å². The minimum atomic E-state index is -0.0907. The van der Waals surface area contributed by atoms with Crippen molar-refractivity contribution in [2.24, 2.45) is 0 Å².